The van der Waals surface area contributed by atoms with Gasteiger partial charge in [0.2, 0.25) is 0 Å². The number of nitrogens with zero attached hydrogens (tertiary/aromatic N) is 4. The summed E-state index contributed by atoms with van der Waals surface area (Å²) in [6.07, 6.45) is 4.39. The van der Waals surface area contributed by atoms with E-state index >= 15 is 0 Å². The Labute approximate surface area is 116 Å². The molecule has 3 aromatic heterocycles. The van der Waals surface area contributed by atoms with Gasteiger partial charge in [0.1, 0.15) is 11.3 Å². The molecule has 5 nitrogen and oxygen atoms in total. The van der Waals surface area contributed by atoms with Crippen LogP contribution in [0.4, 0.5) is 0 Å². The SMILES string of the molecule is CCn1cc(C=O)c2c(C)nc(-c3ccccn3)nc21. The van der Waals surface area contributed by atoms with E-state index in [2.05, 4.69) is 15.0 Å². The summed E-state index contributed by atoms with van der Waals surface area (Å²) < 4.78 is 1.96. The predicted molar refractivity (Wildman–Crippen MR) is 76.6 cm³/mol. The number of aldehydes is 1. The Hall–Kier alpha value is -2.56. The van der Waals surface area contributed by atoms with Gasteiger partial charge in [-0.1, -0.05) is 6.07 Å². The summed E-state index contributed by atoms with van der Waals surface area (Å²) in [6.45, 7) is 4.66. The van der Waals surface area contributed by atoms with E-state index in [0.717, 1.165) is 35.3 Å². The molecule has 3 aromatic rings. The zero-order valence-corrected chi connectivity index (χ0v) is 11.4. The zero-order chi connectivity index (χ0) is 14.1. The molecule has 0 saturated heterocycles. The molecule has 0 fully saturated rings. The van der Waals surface area contributed by atoms with Gasteiger partial charge in [0.25, 0.3) is 0 Å². The molecule has 0 N–H and O–H groups in total. The van der Waals surface area contributed by atoms with Gasteiger partial charge in [0.05, 0.1) is 11.1 Å². The number of pyridine rings is 1. The van der Waals surface area contributed by atoms with Crippen molar-refractivity contribution in [2.75, 3.05) is 0 Å². The molecule has 0 saturated carbocycles. The van der Waals surface area contributed by atoms with E-state index in [1.54, 1.807) is 6.20 Å². The van der Waals surface area contributed by atoms with Crippen molar-refractivity contribution in [2.45, 2.75) is 20.4 Å². The van der Waals surface area contributed by atoms with Crippen LogP contribution in [0.15, 0.2) is 30.6 Å². The smallest absolute Gasteiger partial charge is 0.180 e. The van der Waals surface area contributed by atoms with Crippen molar-refractivity contribution in [3.63, 3.8) is 0 Å². The van der Waals surface area contributed by atoms with Crippen LogP contribution < -0.4 is 0 Å². The second-order valence-corrected chi connectivity index (χ2v) is 4.53. The Balaban J connectivity index is 2.31. The van der Waals surface area contributed by atoms with Crippen LogP contribution in [-0.4, -0.2) is 25.8 Å². The number of fused-ring (bicyclic) bond motifs is 1. The predicted octanol–water partition coefficient (Wildman–Crippen LogP) is 2.63. The average molecular weight is 266 g/mol. The van der Waals surface area contributed by atoms with Crippen LogP contribution in [0.2, 0.25) is 0 Å². The van der Waals surface area contributed by atoms with E-state index in [1.807, 2.05) is 42.8 Å². The van der Waals surface area contributed by atoms with Crippen molar-refractivity contribution >= 4 is 17.3 Å². The highest BCUT2D eigenvalue weighted by Gasteiger charge is 2.14. The van der Waals surface area contributed by atoms with Crippen LogP contribution in [0.5, 0.6) is 0 Å². The fourth-order valence-electron chi connectivity index (χ4n) is 2.34. The summed E-state index contributed by atoms with van der Waals surface area (Å²) >= 11 is 0. The molecule has 3 heterocycles. The fourth-order valence-corrected chi connectivity index (χ4v) is 2.34. The molecule has 0 unspecified atom stereocenters. The standard InChI is InChI=1S/C15H14N4O/c1-3-19-8-11(9-20)13-10(2)17-14(18-15(13)19)12-6-4-5-7-16-12/h4-9H,3H2,1-2H3. The molecule has 0 aliphatic heterocycles. The third-order valence-electron chi connectivity index (χ3n) is 3.29. The lowest BCUT2D eigenvalue weighted by atomic mass is 10.2. The van der Waals surface area contributed by atoms with E-state index in [9.17, 15) is 4.79 Å². The normalized spacial score (nSPS) is 10.9. The third-order valence-corrected chi connectivity index (χ3v) is 3.29. The van der Waals surface area contributed by atoms with Crippen LogP contribution in [-0.2, 0) is 6.54 Å². The number of carbonyl (C=O) groups excluding carboxylic acids is 1. The largest absolute Gasteiger partial charge is 0.332 e. The van der Waals surface area contributed by atoms with E-state index < -0.39 is 0 Å². The minimum absolute atomic E-state index is 0.584. The van der Waals surface area contributed by atoms with E-state index in [1.165, 1.54) is 0 Å². The third kappa shape index (κ3) is 1.87. The van der Waals surface area contributed by atoms with E-state index in [-0.39, 0.29) is 0 Å². The molecular formula is C15H14N4O. The Bertz CT molecular complexity index is 777. The summed E-state index contributed by atoms with van der Waals surface area (Å²) in [6, 6.07) is 5.63. The highest BCUT2D eigenvalue weighted by atomic mass is 16.1. The molecular weight excluding hydrogens is 252 g/mol. The first kappa shape index (κ1) is 12.5. The summed E-state index contributed by atoms with van der Waals surface area (Å²) in [4.78, 5) is 24.5. The van der Waals surface area contributed by atoms with Crippen LogP contribution in [0.1, 0.15) is 23.0 Å². The lowest BCUT2D eigenvalue weighted by molar-refractivity contribution is 0.112. The van der Waals surface area contributed by atoms with Crippen LogP contribution in [0.25, 0.3) is 22.6 Å². The number of hydrogen-bond acceptors (Lipinski definition) is 4. The molecule has 0 atom stereocenters. The average Bonchev–Trinajstić information content (AvgIpc) is 2.86. The molecule has 20 heavy (non-hydrogen) atoms. The van der Waals surface area contributed by atoms with Gasteiger partial charge in [-0.15, -0.1) is 0 Å². The Morgan fingerprint density at radius 2 is 2.15 bits per heavy atom. The molecule has 5 heteroatoms. The lowest BCUT2D eigenvalue weighted by Crippen LogP contribution is -1.99. The highest BCUT2D eigenvalue weighted by Crippen LogP contribution is 2.24. The molecule has 0 aromatic carbocycles. The minimum atomic E-state index is 0.584. The van der Waals surface area contributed by atoms with Crippen molar-refractivity contribution in [1.82, 2.24) is 19.5 Å². The Morgan fingerprint density at radius 3 is 2.80 bits per heavy atom. The lowest BCUT2D eigenvalue weighted by Gasteiger charge is -2.05. The number of carbonyl (C=O) groups is 1. The van der Waals surface area contributed by atoms with Crippen LogP contribution in [0, 0.1) is 6.92 Å². The monoisotopic (exact) mass is 266 g/mol. The van der Waals surface area contributed by atoms with E-state index in [0.29, 0.717) is 11.4 Å². The number of hydrogen-bond donors (Lipinski definition) is 0. The highest BCUT2D eigenvalue weighted by molar-refractivity contribution is 5.97. The van der Waals surface area contributed by atoms with Crippen molar-refractivity contribution < 1.29 is 4.79 Å². The molecule has 3 rings (SSSR count). The topological polar surface area (TPSA) is 60.7 Å². The molecule has 0 aliphatic carbocycles. The first-order valence-electron chi connectivity index (χ1n) is 6.48. The first-order chi connectivity index (χ1) is 9.74. The summed E-state index contributed by atoms with van der Waals surface area (Å²) in [5.41, 5.74) is 2.94. The van der Waals surface area contributed by atoms with Gasteiger partial charge in [0.15, 0.2) is 12.1 Å². The molecule has 0 amide bonds. The second-order valence-electron chi connectivity index (χ2n) is 4.53. The van der Waals surface area contributed by atoms with Gasteiger partial charge in [-0.25, -0.2) is 9.97 Å². The molecule has 0 spiro atoms. The molecule has 0 radical (unpaired) electrons. The number of aryl methyl sites for hydroxylation is 2. The van der Waals surface area contributed by atoms with Crippen molar-refractivity contribution in [3.05, 3.63) is 41.9 Å². The Morgan fingerprint density at radius 1 is 1.30 bits per heavy atom. The van der Waals surface area contributed by atoms with Gasteiger partial charge in [-0.05, 0) is 26.0 Å². The van der Waals surface area contributed by atoms with Gasteiger partial charge < -0.3 is 4.57 Å². The zero-order valence-electron chi connectivity index (χ0n) is 11.4. The fraction of sp³-hybridized carbons (Fsp3) is 0.200. The molecule has 0 aliphatic rings. The Kier molecular flexibility index (Phi) is 3.02. The van der Waals surface area contributed by atoms with E-state index in [4.69, 9.17) is 0 Å². The summed E-state index contributed by atoms with van der Waals surface area (Å²) in [7, 11) is 0. The quantitative estimate of drug-likeness (QED) is 0.684. The van der Waals surface area contributed by atoms with Crippen molar-refractivity contribution in [3.8, 4) is 11.5 Å². The maximum Gasteiger partial charge on any atom is 0.180 e. The number of aromatic nitrogens is 4. The minimum Gasteiger partial charge on any atom is -0.332 e. The summed E-state index contributed by atoms with van der Waals surface area (Å²) in [5, 5.41) is 0.821. The van der Waals surface area contributed by atoms with Gasteiger partial charge in [0, 0.05) is 24.5 Å². The van der Waals surface area contributed by atoms with Crippen LogP contribution >= 0.6 is 0 Å². The second kappa shape index (κ2) is 4.85. The van der Waals surface area contributed by atoms with Crippen molar-refractivity contribution in [1.29, 1.82) is 0 Å². The molecule has 0 bridgehead atoms. The van der Waals surface area contributed by atoms with Crippen molar-refractivity contribution in [2.24, 2.45) is 0 Å². The van der Waals surface area contributed by atoms with Gasteiger partial charge in [-0.3, -0.25) is 9.78 Å². The summed E-state index contributed by atoms with van der Waals surface area (Å²) in [5.74, 6) is 0.584. The maximum absolute atomic E-state index is 11.2. The maximum atomic E-state index is 11.2. The van der Waals surface area contributed by atoms with Crippen LogP contribution in [0.3, 0.4) is 0 Å². The molecule has 100 valence electrons. The first-order valence-corrected chi connectivity index (χ1v) is 6.48. The number of rotatable bonds is 3. The van der Waals surface area contributed by atoms with Gasteiger partial charge >= 0.3 is 0 Å². The van der Waals surface area contributed by atoms with Gasteiger partial charge in [-0.2, -0.15) is 0 Å².